The van der Waals surface area contributed by atoms with Crippen molar-refractivity contribution in [2.24, 2.45) is 0 Å². The van der Waals surface area contributed by atoms with Crippen molar-refractivity contribution < 1.29 is 4.39 Å². The van der Waals surface area contributed by atoms with Crippen LogP contribution in [0.2, 0.25) is 0 Å². The summed E-state index contributed by atoms with van der Waals surface area (Å²) < 4.78 is 13.0. The maximum absolute atomic E-state index is 13.0. The van der Waals surface area contributed by atoms with E-state index in [1.54, 1.807) is 18.3 Å². The SMILES string of the molecule is CC.N#Cc1cc2cc[nH]c2cc1F. The zero-order valence-electron chi connectivity index (χ0n) is 8.13. The number of nitrogens with one attached hydrogen (secondary N) is 1. The maximum Gasteiger partial charge on any atom is 0.143 e. The Balaban J connectivity index is 0.000000461. The van der Waals surface area contributed by atoms with Crippen LogP contribution in [0.5, 0.6) is 0 Å². The van der Waals surface area contributed by atoms with E-state index in [1.807, 2.05) is 13.8 Å². The molecule has 1 aromatic heterocycles. The molecule has 0 spiro atoms. The van der Waals surface area contributed by atoms with Gasteiger partial charge in [0.2, 0.25) is 0 Å². The third-order valence-electron chi connectivity index (χ3n) is 1.76. The molecule has 0 fully saturated rings. The van der Waals surface area contributed by atoms with Crippen molar-refractivity contribution in [2.75, 3.05) is 0 Å². The van der Waals surface area contributed by atoms with Crippen LogP contribution in [0.25, 0.3) is 10.9 Å². The molecule has 3 heteroatoms. The van der Waals surface area contributed by atoms with E-state index in [-0.39, 0.29) is 5.56 Å². The Bertz CT molecular complexity index is 466. The highest BCUT2D eigenvalue weighted by molar-refractivity contribution is 5.80. The van der Waals surface area contributed by atoms with E-state index in [1.165, 1.54) is 12.1 Å². The fourth-order valence-corrected chi connectivity index (χ4v) is 1.16. The first-order chi connectivity index (χ1) is 6.81. The van der Waals surface area contributed by atoms with Crippen LogP contribution in [0.15, 0.2) is 24.4 Å². The van der Waals surface area contributed by atoms with Crippen LogP contribution < -0.4 is 0 Å². The van der Waals surface area contributed by atoms with Gasteiger partial charge in [-0.2, -0.15) is 5.26 Å². The molecule has 0 saturated heterocycles. The number of aromatic amines is 1. The molecule has 2 rings (SSSR count). The van der Waals surface area contributed by atoms with Gasteiger partial charge in [-0.3, -0.25) is 0 Å². The van der Waals surface area contributed by atoms with Crippen molar-refractivity contribution in [3.63, 3.8) is 0 Å². The van der Waals surface area contributed by atoms with E-state index in [2.05, 4.69) is 4.98 Å². The monoisotopic (exact) mass is 190 g/mol. The van der Waals surface area contributed by atoms with Gasteiger partial charge < -0.3 is 4.98 Å². The molecule has 1 aromatic carbocycles. The Morgan fingerprint density at radius 1 is 1.36 bits per heavy atom. The largest absolute Gasteiger partial charge is 0.361 e. The molecule has 0 saturated carbocycles. The van der Waals surface area contributed by atoms with Crippen LogP contribution in [0.3, 0.4) is 0 Å². The summed E-state index contributed by atoms with van der Waals surface area (Å²) in [4.78, 5) is 2.86. The van der Waals surface area contributed by atoms with Gasteiger partial charge in [-0.05, 0) is 18.2 Å². The number of halogens is 1. The predicted molar refractivity (Wildman–Crippen MR) is 54.3 cm³/mol. The van der Waals surface area contributed by atoms with Gasteiger partial charge in [0.25, 0.3) is 0 Å². The average Bonchev–Trinajstić information content (AvgIpc) is 2.66. The molecule has 0 unspecified atom stereocenters. The topological polar surface area (TPSA) is 39.6 Å². The molecule has 0 aliphatic carbocycles. The zero-order chi connectivity index (χ0) is 10.6. The average molecular weight is 190 g/mol. The van der Waals surface area contributed by atoms with E-state index in [4.69, 9.17) is 5.26 Å². The van der Waals surface area contributed by atoms with Crippen molar-refractivity contribution in [3.05, 3.63) is 35.8 Å². The summed E-state index contributed by atoms with van der Waals surface area (Å²) in [6.07, 6.45) is 1.71. The van der Waals surface area contributed by atoms with Crippen LogP contribution >= 0.6 is 0 Å². The standard InChI is InChI=1S/C9H5FN2.C2H6/c10-8-4-9-6(1-2-12-9)3-7(8)5-11;1-2/h1-4,12H;1-2H3. The Hall–Kier alpha value is -1.82. The number of hydrogen-bond acceptors (Lipinski definition) is 1. The molecule has 1 heterocycles. The fraction of sp³-hybridized carbons (Fsp3) is 0.182. The van der Waals surface area contributed by atoms with Crippen LogP contribution in [0.4, 0.5) is 4.39 Å². The molecule has 1 N–H and O–H groups in total. The van der Waals surface area contributed by atoms with Gasteiger partial charge >= 0.3 is 0 Å². The van der Waals surface area contributed by atoms with Gasteiger partial charge in [0.1, 0.15) is 11.9 Å². The van der Waals surface area contributed by atoms with Crippen molar-refractivity contribution in [1.29, 1.82) is 5.26 Å². The van der Waals surface area contributed by atoms with E-state index >= 15 is 0 Å². The molecule has 0 aliphatic rings. The molecule has 2 nitrogen and oxygen atoms in total. The number of H-pyrrole nitrogens is 1. The smallest absolute Gasteiger partial charge is 0.143 e. The van der Waals surface area contributed by atoms with Gasteiger partial charge in [-0.1, -0.05) is 13.8 Å². The number of fused-ring (bicyclic) bond motifs is 1. The highest BCUT2D eigenvalue weighted by atomic mass is 19.1. The van der Waals surface area contributed by atoms with Gasteiger partial charge in [0.15, 0.2) is 0 Å². The Kier molecular flexibility index (Phi) is 3.24. The lowest BCUT2D eigenvalue weighted by molar-refractivity contribution is 0.625. The highest BCUT2D eigenvalue weighted by Gasteiger charge is 2.03. The number of benzene rings is 1. The number of nitriles is 1. The molecule has 0 atom stereocenters. The molecule has 2 aromatic rings. The number of aromatic nitrogens is 1. The van der Waals surface area contributed by atoms with Gasteiger partial charge in [-0.15, -0.1) is 0 Å². The second-order valence-electron chi connectivity index (χ2n) is 2.51. The minimum absolute atomic E-state index is 0.0853. The fourth-order valence-electron chi connectivity index (χ4n) is 1.16. The van der Waals surface area contributed by atoms with Crippen LogP contribution in [-0.4, -0.2) is 4.98 Å². The summed E-state index contributed by atoms with van der Waals surface area (Å²) in [7, 11) is 0. The first-order valence-corrected chi connectivity index (χ1v) is 4.48. The van der Waals surface area contributed by atoms with Crippen LogP contribution in [0.1, 0.15) is 19.4 Å². The molecule has 0 amide bonds. The molecule has 14 heavy (non-hydrogen) atoms. The maximum atomic E-state index is 13.0. The highest BCUT2D eigenvalue weighted by Crippen LogP contribution is 2.16. The van der Waals surface area contributed by atoms with E-state index in [0.717, 1.165) is 5.39 Å². The second kappa shape index (κ2) is 4.43. The Morgan fingerprint density at radius 3 is 2.71 bits per heavy atom. The first kappa shape index (κ1) is 10.3. The van der Waals surface area contributed by atoms with E-state index in [9.17, 15) is 4.39 Å². The van der Waals surface area contributed by atoms with Crippen molar-refractivity contribution in [3.8, 4) is 6.07 Å². The summed E-state index contributed by atoms with van der Waals surface area (Å²) >= 11 is 0. The van der Waals surface area contributed by atoms with E-state index in [0.29, 0.717) is 5.52 Å². The normalized spacial score (nSPS) is 9.00. The summed E-state index contributed by atoms with van der Waals surface area (Å²) in [5.41, 5.74) is 0.800. The number of nitrogens with zero attached hydrogens (tertiary/aromatic N) is 1. The first-order valence-electron chi connectivity index (χ1n) is 4.48. The van der Waals surface area contributed by atoms with Crippen molar-refractivity contribution in [2.45, 2.75) is 13.8 Å². The van der Waals surface area contributed by atoms with Gasteiger partial charge in [0, 0.05) is 17.1 Å². The van der Waals surface area contributed by atoms with Crippen LogP contribution in [-0.2, 0) is 0 Å². The molecule has 0 bridgehead atoms. The minimum atomic E-state index is -0.479. The Labute approximate surface area is 82.0 Å². The van der Waals surface area contributed by atoms with Gasteiger partial charge in [0.05, 0.1) is 5.56 Å². The van der Waals surface area contributed by atoms with Crippen LogP contribution in [0, 0.1) is 17.1 Å². The lowest BCUT2D eigenvalue weighted by Crippen LogP contribution is -1.82. The lowest BCUT2D eigenvalue weighted by Gasteiger charge is -1.92. The number of rotatable bonds is 0. The summed E-state index contributed by atoms with van der Waals surface area (Å²) in [6, 6.07) is 6.45. The second-order valence-corrected chi connectivity index (χ2v) is 2.51. The minimum Gasteiger partial charge on any atom is -0.361 e. The zero-order valence-corrected chi connectivity index (χ0v) is 8.13. The molecule has 72 valence electrons. The van der Waals surface area contributed by atoms with Crippen molar-refractivity contribution >= 4 is 10.9 Å². The quantitative estimate of drug-likeness (QED) is 0.680. The predicted octanol–water partition coefficient (Wildman–Crippen LogP) is 3.20. The summed E-state index contributed by atoms with van der Waals surface area (Å²) in [5, 5.41) is 9.37. The molecular weight excluding hydrogens is 179 g/mol. The molecular formula is C11H11FN2. The Morgan fingerprint density at radius 2 is 2.07 bits per heavy atom. The summed E-state index contributed by atoms with van der Waals surface area (Å²) in [6.45, 7) is 4.00. The lowest BCUT2D eigenvalue weighted by atomic mass is 10.1. The van der Waals surface area contributed by atoms with E-state index < -0.39 is 5.82 Å². The molecule has 0 radical (unpaired) electrons. The summed E-state index contributed by atoms with van der Waals surface area (Å²) in [5.74, 6) is -0.479. The number of hydrogen-bond donors (Lipinski definition) is 1. The van der Waals surface area contributed by atoms with Crippen molar-refractivity contribution in [1.82, 2.24) is 4.98 Å². The molecule has 0 aliphatic heterocycles. The van der Waals surface area contributed by atoms with Gasteiger partial charge in [-0.25, -0.2) is 4.39 Å². The third kappa shape index (κ3) is 1.74. The third-order valence-corrected chi connectivity index (χ3v) is 1.76.